The van der Waals surface area contributed by atoms with Crippen LogP contribution in [0, 0.1) is 13.8 Å². The van der Waals surface area contributed by atoms with Gasteiger partial charge < -0.3 is 4.74 Å². The molecule has 6 heteroatoms. The summed E-state index contributed by atoms with van der Waals surface area (Å²) >= 11 is 0. The number of carbonyl (C=O) groups excluding carboxylic acids is 1. The fraction of sp³-hybridized carbons (Fsp3) is 0.190. The molecule has 0 saturated heterocycles. The van der Waals surface area contributed by atoms with Crippen molar-refractivity contribution in [2.24, 2.45) is 0 Å². The van der Waals surface area contributed by atoms with E-state index < -0.39 is 16.0 Å². The zero-order chi connectivity index (χ0) is 19.6. The topological polar surface area (TPSA) is 65.4 Å². The van der Waals surface area contributed by atoms with E-state index >= 15 is 0 Å². The van der Waals surface area contributed by atoms with Crippen molar-refractivity contribution in [3.63, 3.8) is 0 Å². The number of aromatic nitrogens is 1. The third-order valence-electron chi connectivity index (χ3n) is 4.42. The SMILES string of the molecule is CC(=O)OCc1c(C)c(-c2ccccc2)cn1S(=O)(=O)c1ccc(C)cc1. The minimum atomic E-state index is -3.82. The van der Waals surface area contributed by atoms with Crippen LogP contribution in [0.1, 0.15) is 23.7 Å². The van der Waals surface area contributed by atoms with Crippen LogP contribution >= 0.6 is 0 Å². The van der Waals surface area contributed by atoms with Gasteiger partial charge in [-0.15, -0.1) is 0 Å². The molecule has 0 unspecified atom stereocenters. The Morgan fingerprint density at radius 2 is 1.63 bits per heavy atom. The van der Waals surface area contributed by atoms with Crippen LogP contribution in [0.2, 0.25) is 0 Å². The summed E-state index contributed by atoms with van der Waals surface area (Å²) < 4.78 is 32.8. The Hall–Kier alpha value is -2.86. The van der Waals surface area contributed by atoms with Gasteiger partial charge in [0.25, 0.3) is 10.0 Å². The molecule has 140 valence electrons. The third kappa shape index (κ3) is 3.80. The maximum absolute atomic E-state index is 13.2. The molecule has 0 N–H and O–H groups in total. The Labute approximate surface area is 159 Å². The molecule has 1 aromatic heterocycles. The predicted octanol–water partition coefficient (Wildman–Crippen LogP) is 4.07. The molecule has 0 fully saturated rings. The van der Waals surface area contributed by atoms with Gasteiger partial charge in [0.15, 0.2) is 0 Å². The molecule has 0 atom stereocenters. The second-order valence-corrected chi connectivity index (χ2v) is 8.19. The molecular weight excluding hydrogens is 362 g/mol. The lowest BCUT2D eigenvalue weighted by molar-refractivity contribution is -0.142. The molecule has 3 rings (SSSR count). The van der Waals surface area contributed by atoms with Crippen molar-refractivity contribution in [3.05, 3.63) is 77.6 Å². The number of ether oxygens (including phenoxy) is 1. The normalized spacial score (nSPS) is 11.4. The molecule has 27 heavy (non-hydrogen) atoms. The van der Waals surface area contributed by atoms with E-state index in [1.54, 1.807) is 30.5 Å². The van der Waals surface area contributed by atoms with Crippen LogP contribution in [0.3, 0.4) is 0 Å². The summed E-state index contributed by atoms with van der Waals surface area (Å²) in [7, 11) is -3.82. The van der Waals surface area contributed by atoms with E-state index in [4.69, 9.17) is 4.74 Å². The molecular formula is C21H21NO4S. The molecule has 0 aliphatic carbocycles. The number of carbonyl (C=O) groups is 1. The van der Waals surface area contributed by atoms with Crippen molar-refractivity contribution in [3.8, 4) is 11.1 Å². The van der Waals surface area contributed by atoms with Crippen LogP contribution in [0.5, 0.6) is 0 Å². The van der Waals surface area contributed by atoms with Gasteiger partial charge in [-0.05, 0) is 37.1 Å². The molecule has 5 nitrogen and oxygen atoms in total. The first-order chi connectivity index (χ1) is 12.8. The van der Waals surface area contributed by atoms with Crippen LogP contribution in [0.25, 0.3) is 11.1 Å². The third-order valence-corrected chi connectivity index (χ3v) is 6.14. The Balaban J connectivity index is 2.18. The monoisotopic (exact) mass is 383 g/mol. The minimum absolute atomic E-state index is 0.112. The molecule has 0 aliphatic heterocycles. The quantitative estimate of drug-likeness (QED) is 0.623. The summed E-state index contributed by atoms with van der Waals surface area (Å²) in [5.41, 5.74) is 3.86. The first-order valence-corrected chi connectivity index (χ1v) is 9.96. The lowest BCUT2D eigenvalue weighted by Gasteiger charge is -2.11. The molecule has 3 aromatic rings. The zero-order valence-corrected chi connectivity index (χ0v) is 16.3. The molecule has 0 bridgehead atoms. The lowest BCUT2D eigenvalue weighted by atomic mass is 10.0. The summed E-state index contributed by atoms with van der Waals surface area (Å²) in [6, 6.07) is 16.2. The highest BCUT2D eigenvalue weighted by Gasteiger charge is 2.24. The van der Waals surface area contributed by atoms with Crippen molar-refractivity contribution < 1.29 is 17.9 Å². The first-order valence-electron chi connectivity index (χ1n) is 8.52. The van der Waals surface area contributed by atoms with E-state index in [1.165, 1.54) is 10.9 Å². The van der Waals surface area contributed by atoms with E-state index in [0.717, 1.165) is 22.3 Å². The van der Waals surface area contributed by atoms with Crippen molar-refractivity contribution >= 4 is 16.0 Å². The maximum atomic E-state index is 13.2. The fourth-order valence-corrected chi connectivity index (χ4v) is 4.33. The average Bonchev–Trinajstić information content (AvgIpc) is 2.98. The molecule has 0 amide bonds. The summed E-state index contributed by atoms with van der Waals surface area (Å²) in [5.74, 6) is -0.462. The number of nitrogens with zero attached hydrogens (tertiary/aromatic N) is 1. The highest BCUT2D eigenvalue weighted by molar-refractivity contribution is 7.90. The Morgan fingerprint density at radius 1 is 1.00 bits per heavy atom. The van der Waals surface area contributed by atoms with Gasteiger partial charge in [-0.25, -0.2) is 12.4 Å². The number of esters is 1. The van der Waals surface area contributed by atoms with E-state index in [1.807, 2.05) is 44.2 Å². The summed E-state index contributed by atoms with van der Waals surface area (Å²) in [4.78, 5) is 11.5. The van der Waals surface area contributed by atoms with Crippen LogP contribution in [0.15, 0.2) is 65.7 Å². The number of hydrogen-bond acceptors (Lipinski definition) is 4. The van der Waals surface area contributed by atoms with Crippen molar-refractivity contribution in [1.29, 1.82) is 0 Å². The molecule has 0 radical (unpaired) electrons. The fourth-order valence-electron chi connectivity index (χ4n) is 2.90. The van der Waals surface area contributed by atoms with Gasteiger partial charge in [0.05, 0.1) is 10.6 Å². The van der Waals surface area contributed by atoms with Gasteiger partial charge in [-0.2, -0.15) is 0 Å². The summed E-state index contributed by atoms with van der Waals surface area (Å²) in [6.45, 7) is 4.92. The van der Waals surface area contributed by atoms with Gasteiger partial charge in [-0.3, -0.25) is 4.79 Å². The van der Waals surface area contributed by atoms with Crippen LogP contribution in [0.4, 0.5) is 0 Å². The summed E-state index contributed by atoms with van der Waals surface area (Å²) in [6.07, 6.45) is 1.60. The zero-order valence-electron chi connectivity index (χ0n) is 15.5. The highest BCUT2D eigenvalue weighted by atomic mass is 32.2. The molecule has 0 aliphatic rings. The number of hydrogen-bond donors (Lipinski definition) is 0. The molecule has 0 saturated carbocycles. The average molecular weight is 383 g/mol. The largest absolute Gasteiger partial charge is 0.459 e. The van der Waals surface area contributed by atoms with E-state index in [0.29, 0.717) is 5.69 Å². The number of benzene rings is 2. The van der Waals surface area contributed by atoms with E-state index in [9.17, 15) is 13.2 Å². The van der Waals surface area contributed by atoms with Crippen LogP contribution in [-0.4, -0.2) is 18.4 Å². The van der Waals surface area contributed by atoms with Gasteiger partial charge in [0, 0.05) is 18.7 Å². The van der Waals surface area contributed by atoms with Crippen LogP contribution in [-0.2, 0) is 26.2 Å². The summed E-state index contributed by atoms with van der Waals surface area (Å²) in [5, 5.41) is 0. The van der Waals surface area contributed by atoms with Crippen molar-refractivity contribution in [1.82, 2.24) is 3.97 Å². The second-order valence-electron chi connectivity index (χ2n) is 6.37. The predicted molar refractivity (Wildman–Crippen MR) is 104 cm³/mol. The second kappa shape index (κ2) is 7.40. The lowest BCUT2D eigenvalue weighted by Crippen LogP contribution is -2.16. The Morgan fingerprint density at radius 3 is 2.22 bits per heavy atom. The van der Waals surface area contributed by atoms with Crippen molar-refractivity contribution in [2.45, 2.75) is 32.3 Å². The maximum Gasteiger partial charge on any atom is 0.303 e. The first kappa shape index (κ1) is 18.9. The minimum Gasteiger partial charge on any atom is -0.459 e. The Kier molecular flexibility index (Phi) is 5.19. The van der Waals surface area contributed by atoms with Crippen molar-refractivity contribution in [2.75, 3.05) is 0 Å². The smallest absolute Gasteiger partial charge is 0.303 e. The van der Waals surface area contributed by atoms with Gasteiger partial charge >= 0.3 is 5.97 Å². The molecule has 1 heterocycles. The molecule has 2 aromatic carbocycles. The highest BCUT2D eigenvalue weighted by Crippen LogP contribution is 2.31. The molecule has 0 spiro atoms. The van der Waals surface area contributed by atoms with Gasteiger partial charge in [0.2, 0.25) is 0 Å². The van der Waals surface area contributed by atoms with E-state index in [2.05, 4.69) is 0 Å². The van der Waals surface area contributed by atoms with Crippen LogP contribution < -0.4 is 0 Å². The van der Waals surface area contributed by atoms with Gasteiger partial charge in [0.1, 0.15) is 6.61 Å². The van der Waals surface area contributed by atoms with E-state index in [-0.39, 0.29) is 11.5 Å². The standard InChI is InChI=1S/C21H21NO4S/c1-15-9-11-19(12-10-15)27(24,25)22-13-20(18-7-5-4-6-8-18)16(2)21(22)14-26-17(3)23/h4-13H,14H2,1-3H3. The Bertz CT molecular complexity index is 1070. The van der Waals surface area contributed by atoms with Gasteiger partial charge in [-0.1, -0.05) is 48.0 Å². The number of rotatable bonds is 5. The number of aryl methyl sites for hydroxylation is 1.